The predicted molar refractivity (Wildman–Crippen MR) is 42.3 cm³/mol. The zero-order valence-corrected chi connectivity index (χ0v) is 6.18. The van der Waals surface area contributed by atoms with Gasteiger partial charge in [-0.2, -0.15) is 0 Å². The lowest BCUT2D eigenvalue weighted by molar-refractivity contribution is 0.625. The van der Waals surface area contributed by atoms with E-state index in [0.717, 1.165) is 5.56 Å². The summed E-state index contributed by atoms with van der Waals surface area (Å²) in [7, 11) is 0. The van der Waals surface area contributed by atoms with E-state index in [0.29, 0.717) is 13.2 Å². The SMILES string of the molecule is NCNCc1ccc(F)cc1. The van der Waals surface area contributed by atoms with Crippen LogP contribution in [0, 0.1) is 5.82 Å². The van der Waals surface area contributed by atoms with E-state index >= 15 is 0 Å². The lowest BCUT2D eigenvalue weighted by atomic mass is 10.2. The Labute approximate surface area is 65.2 Å². The van der Waals surface area contributed by atoms with Crippen LogP contribution >= 0.6 is 0 Å². The largest absolute Gasteiger partial charge is 0.318 e. The van der Waals surface area contributed by atoms with Crippen LogP contribution in [0.25, 0.3) is 0 Å². The third-order valence-electron chi connectivity index (χ3n) is 1.39. The summed E-state index contributed by atoms with van der Waals surface area (Å²) in [6.07, 6.45) is 0. The minimum Gasteiger partial charge on any atom is -0.318 e. The van der Waals surface area contributed by atoms with Gasteiger partial charge in [-0.15, -0.1) is 0 Å². The van der Waals surface area contributed by atoms with Crippen molar-refractivity contribution in [2.24, 2.45) is 5.73 Å². The summed E-state index contributed by atoms with van der Waals surface area (Å²) in [6, 6.07) is 6.34. The Bertz CT molecular complexity index is 208. The molecule has 0 amide bonds. The van der Waals surface area contributed by atoms with E-state index in [-0.39, 0.29) is 5.82 Å². The van der Waals surface area contributed by atoms with Gasteiger partial charge in [0.1, 0.15) is 5.82 Å². The van der Waals surface area contributed by atoms with Gasteiger partial charge in [-0.05, 0) is 17.7 Å². The normalized spacial score (nSPS) is 10.0. The molecule has 3 N–H and O–H groups in total. The van der Waals surface area contributed by atoms with Crippen molar-refractivity contribution in [2.75, 3.05) is 6.67 Å². The van der Waals surface area contributed by atoms with Crippen LogP contribution in [0.2, 0.25) is 0 Å². The van der Waals surface area contributed by atoms with E-state index in [1.807, 2.05) is 0 Å². The van der Waals surface area contributed by atoms with Crippen molar-refractivity contribution in [3.63, 3.8) is 0 Å². The highest BCUT2D eigenvalue weighted by atomic mass is 19.1. The van der Waals surface area contributed by atoms with E-state index in [2.05, 4.69) is 5.32 Å². The lowest BCUT2D eigenvalue weighted by Gasteiger charge is -2.00. The number of benzene rings is 1. The molecule has 0 saturated carbocycles. The van der Waals surface area contributed by atoms with Gasteiger partial charge < -0.3 is 11.1 Å². The van der Waals surface area contributed by atoms with Crippen LogP contribution in [0.4, 0.5) is 4.39 Å². The molecule has 2 nitrogen and oxygen atoms in total. The van der Waals surface area contributed by atoms with Crippen LogP contribution in [-0.4, -0.2) is 6.67 Å². The Morgan fingerprint density at radius 3 is 2.45 bits per heavy atom. The van der Waals surface area contributed by atoms with Crippen LogP contribution in [0.5, 0.6) is 0 Å². The molecule has 0 aliphatic heterocycles. The van der Waals surface area contributed by atoms with Crippen molar-refractivity contribution in [3.8, 4) is 0 Å². The summed E-state index contributed by atoms with van der Waals surface area (Å²) in [6.45, 7) is 1.13. The van der Waals surface area contributed by atoms with Crippen LogP contribution in [0.1, 0.15) is 5.56 Å². The average molecular weight is 154 g/mol. The summed E-state index contributed by atoms with van der Waals surface area (Å²) in [4.78, 5) is 0. The molecule has 0 aromatic heterocycles. The molecule has 0 atom stereocenters. The number of rotatable bonds is 3. The molecule has 1 rings (SSSR count). The second kappa shape index (κ2) is 4.05. The van der Waals surface area contributed by atoms with Crippen LogP contribution in [0.15, 0.2) is 24.3 Å². The van der Waals surface area contributed by atoms with Gasteiger partial charge in [0.25, 0.3) is 0 Å². The van der Waals surface area contributed by atoms with E-state index in [1.54, 1.807) is 12.1 Å². The molecular weight excluding hydrogens is 143 g/mol. The first-order valence-corrected chi connectivity index (χ1v) is 3.48. The summed E-state index contributed by atoms with van der Waals surface area (Å²) in [5.74, 6) is -0.207. The van der Waals surface area contributed by atoms with E-state index < -0.39 is 0 Å². The minimum absolute atomic E-state index is 0.207. The highest BCUT2D eigenvalue weighted by molar-refractivity contribution is 5.15. The fourth-order valence-corrected chi connectivity index (χ4v) is 0.819. The average Bonchev–Trinajstić information content (AvgIpc) is 2.04. The van der Waals surface area contributed by atoms with Gasteiger partial charge in [-0.1, -0.05) is 12.1 Å². The first-order valence-electron chi connectivity index (χ1n) is 3.48. The molecule has 0 unspecified atom stereocenters. The van der Waals surface area contributed by atoms with Gasteiger partial charge in [0.15, 0.2) is 0 Å². The lowest BCUT2D eigenvalue weighted by Crippen LogP contribution is -2.21. The van der Waals surface area contributed by atoms with Gasteiger partial charge in [0.05, 0.1) is 0 Å². The number of hydrogen-bond donors (Lipinski definition) is 2. The van der Waals surface area contributed by atoms with Crippen LogP contribution in [0.3, 0.4) is 0 Å². The molecule has 0 radical (unpaired) electrons. The third kappa shape index (κ3) is 2.65. The molecule has 1 aromatic rings. The second-order valence-corrected chi connectivity index (χ2v) is 2.26. The van der Waals surface area contributed by atoms with Crippen LogP contribution in [-0.2, 0) is 6.54 Å². The highest BCUT2D eigenvalue weighted by Gasteiger charge is 1.90. The molecular formula is C8H11FN2. The van der Waals surface area contributed by atoms with E-state index in [9.17, 15) is 4.39 Å². The van der Waals surface area contributed by atoms with Crippen LogP contribution < -0.4 is 11.1 Å². The number of nitrogens with two attached hydrogens (primary N) is 1. The zero-order chi connectivity index (χ0) is 8.10. The Morgan fingerprint density at radius 1 is 1.27 bits per heavy atom. The summed E-state index contributed by atoms with van der Waals surface area (Å²) < 4.78 is 12.4. The molecule has 0 bridgehead atoms. The Hall–Kier alpha value is -0.930. The van der Waals surface area contributed by atoms with Crippen molar-refractivity contribution in [3.05, 3.63) is 35.6 Å². The maximum atomic E-state index is 12.4. The Morgan fingerprint density at radius 2 is 1.91 bits per heavy atom. The molecule has 0 spiro atoms. The van der Waals surface area contributed by atoms with Crippen molar-refractivity contribution in [2.45, 2.75) is 6.54 Å². The van der Waals surface area contributed by atoms with E-state index in [4.69, 9.17) is 5.73 Å². The fraction of sp³-hybridized carbons (Fsp3) is 0.250. The van der Waals surface area contributed by atoms with Gasteiger partial charge in [-0.25, -0.2) is 4.39 Å². The molecule has 0 saturated heterocycles. The van der Waals surface area contributed by atoms with Gasteiger partial charge in [-0.3, -0.25) is 0 Å². The topological polar surface area (TPSA) is 38.0 Å². The molecule has 0 aliphatic rings. The Balaban J connectivity index is 2.52. The van der Waals surface area contributed by atoms with Crippen molar-refractivity contribution in [1.82, 2.24) is 5.32 Å². The maximum absolute atomic E-state index is 12.4. The third-order valence-corrected chi connectivity index (χ3v) is 1.39. The maximum Gasteiger partial charge on any atom is 0.123 e. The second-order valence-electron chi connectivity index (χ2n) is 2.26. The quantitative estimate of drug-likeness (QED) is 0.633. The first kappa shape index (κ1) is 8.17. The molecule has 1 aromatic carbocycles. The summed E-state index contributed by atoms with van der Waals surface area (Å²) in [5.41, 5.74) is 6.26. The summed E-state index contributed by atoms with van der Waals surface area (Å²) >= 11 is 0. The number of halogens is 1. The molecule has 0 fully saturated rings. The zero-order valence-electron chi connectivity index (χ0n) is 6.18. The molecule has 11 heavy (non-hydrogen) atoms. The van der Waals surface area contributed by atoms with Gasteiger partial charge in [0, 0.05) is 13.2 Å². The highest BCUT2D eigenvalue weighted by Crippen LogP contribution is 2.01. The number of hydrogen-bond acceptors (Lipinski definition) is 2. The standard InChI is InChI=1S/C8H11FN2/c9-8-3-1-7(2-4-8)5-11-6-10/h1-4,11H,5-6,10H2. The molecule has 0 aliphatic carbocycles. The molecule has 0 heterocycles. The van der Waals surface area contributed by atoms with Gasteiger partial charge in [0.2, 0.25) is 0 Å². The van der Waals surface area contributed by atoms with Gasteiger partial charge >= 0.3 is 0 Å². The summed E-state index contributed by atoms with van der Waals surface area (Å²) in [5, 5.41) is 2.94. The van der Waals surface area contributed by atoms with Crippen molar-refractivity contribution >= 4 is 0 Å². The first-order chi connectivity index (χ1) is 5.33. The smallest absolute Gasteiger partial charge is 0.123 e. The van der Waals surface area contributed by atoms with Crippen molar-refractivity contribution < 1.29 is 4.39 Å². The Kier molecular flexibility index (Phi) is 3.01. The number of nitrogens with one attached hydrogen (secondary N) is 1. The van der Waals surface area contributed by atoms with E-state index in [1.165, 1.54) is 12.1 Å². The molecule has 3 heteroatoms. The van der Waals surface area contributed by atoms with Crippen molar-refractivity contribution in [1.29, 1.82) is 0 Å². The monoisotopic (exact) mass is 154 g/mol. The minimum atomic E-state index is -0.207. The predicted octanol–water partition coefficient (Wildman–Crippen LogP) is 0.831. The fourth-order valence-electron chi connectivity index (χ4n) is 0.819. The molecule has 60 valence electrons.